The Bertz CT molecular complexity index is 461. The Kier molecular flexibility index (Phi) is 4.61. The van der Waals surface area contributed by atoms with Crippen molar-refractivity contribution in [2.45, 2.75) is 13.0 Å². The van der Waals surface area contributed by atoms with Crippen LogP contribution in [0.25, 0.3) is 0 Å². The SMILES string of the molecule is COC(=O)C(CO)Nc1ccc([N+](=O)[O-])c(C)c1. The predicted octanol–water partition coefficient (Wildman–Crippen LogP) is 0.849. The first-order chi connectivity index (χ1) is 8.49. The van der Waals surface area contributed by atoms with Gasteiger partial charge in [-0.1, -0.05) is 0 Å². The molecule has 0 radical (unpaired) electrons. The van der Waals surface area contributed by atoms with Gasteiger partial charge in [0.05, 0.1) is 18.6 Å². The van der Waals surface area contributed by atoms with Crippen LogP contribution in [0.3, 0.4) is 0 Å². The maximum absolute atomic E-state index is 11.3. The average Bonchev–Trinajstić information content (AvgIpc) is 2.34. The number of carbonyl (C=O) groups is 1. The molecule has 1 unspecified atom stereocenters. The number of aryl methyl sites for hydroxylation is 1. The predicted molar refractivity (Wildman–Crippen MR) is 64.3 cm³/mol. The van der Waals surface area contributed by atoms with E-state index in [1.165, 1.54) is 25.3 Å². The third-order valence-electron chi connectivity index (χ3n) is 2.40. The van der Waals surface area contributed by atoms with E-state index in [0.29, 0.717) is 11.3 Å². The lowest BCUT2D eigenvalue weighted by Crippen LogP contribution is -2.34. The quantitative estimate of drug-likeness (QED) is 0.459. The molecule has 0 saturated carbocycles. The van der Waals surface area contributed by atoms with Crippen LogP contribution in [-0.2, 0) is 9.53 Å². The number of nitrogens with zero attached hydrogens (tertiary/aromatic N) is 1. The van der Waals surface area contributed by atoms with Crippen molar-refractivity contribution in [3.05, 3.63) is 33.9 Å². The number of benzene rings is 1. The molecule has 0 aromatic heterocycles. The van der Waals surface area contributed by atoms with Crippen LogP contribution in [0.15, 0.2) is 18.2 Å². The topological polar surface area (TPSA) is 102 Å². The van der Waals surface area contributed by atoms with E-state index >= 15 is 0 Å². The number of hydrogen-bond acceptors (Lipinski definition) is 6. The average molecular weight is 254 g/mol. The monoisotopic (exact) mass is 254 g/mol. The molecule has 0 amide bonds. The molecule has 1 rings (SSSR count). The molecular weight excluding hydrogens is 240 g/mol. The number of nitrogens with one attached hydrogen (secondary N) is 1. The number of anilines is 1. The minimum Gasteiger partial charge on any atom is -0.467 e. The fourth-order valence-electron chi connectivity index (χ4n) is 1.47. The summed E-state index contributed by atoms with van der Waals surface area (Å²) in [5.41, 5.74) is 0.966. The van der Waals surface area contributed by atoms with Crippen molar-refractivity contribution >= 4 is 17.3 Å². The van der Waals surface area contributed by atoms with E-state index in [4.69, 9.17) is 5.11 Å². The Labute approximate surface area is 104 Å². The maximum atomic E-state index is 11.3. The van der Waals surface area contributed by atoms with E-state index in [2.05, 4.69) is 10.1 Å². The van der Waals surface area contributed by atoms with E-state index in [-0.39, 0.29) is 5.69 Å². The number of esters is 1. The molecule has 0 aliphatic rings. The van der Waals surface area contributed by atoms with Crippen molar-refractivity contribution in [3.63, 3.8) is 0 Å². The molecule has 1 aromatic rings. The van der Waals surface area contributed by atoms with Gasteiger partial charge in [-0.25, -0.2) is 4.79 Å². The molecule has 2 N–H and O–H groups in total. The molecule has 0 spiro atoms. The number of methoxy groups -OCH3 is 1. The Morgan fingerprint density at radius 2 is 2.28 bits per heavy atom. The van der Waals surface area contributed by atoms with Gasteiger partial charge in [0.2, 0.25) is 0 Å². The van der Waals surface area contributed by atoms with E-state index in [9.17, 15) is 14.9 Å². The van der Waals surface area contributed by atoms with Crippen LogP contribution < -0.4 is 5.32 Å². The van der Waals surface area contributed by atoms with Crippen LogP contribution in [0.1, 0.15) is 5.56 Å². The number of hydrogen-bond donors (Lipinski definition) is 2. The number of nitro groups is 1. The first kappa shape index (κ1) is 13.9. The molecule has 1 aromatic carbocycles. The fourth-order valence-corrected chi connectivity index (χ4v) is 1.47. The molecule has 0 aliphatic carbocycles. The second-order valence-electron chi connectivity index (χ2n) is 3.66. The van der Waals surface area contributed by atoms with Gasteiger partial charge in [0, 0.05) is 17.3 Å². The standard InChI is InChI=1S/C11H14N2O5/c1-7-5-8(3-4-10(7)13(16)17)12-9(6-14)11(15)18-2/h3-5,9,12,14H,6H2,1-2H3. The number of aliphatic hydroxyl groups is 1. The summed E-state index contributed by atoms with van der Waals surface area (Å²) in [6, 6.07) is 3.44. The molecule has 0 saturated heterocycles. The highest BCUT2D eigenvalue weighted by Gasteiger charge is 2.18. The van der Waals surface area contributed by atoms with Crippen LogP contribution in [-0.4, -0.2) is 35.8 Å². The second kappa shape index (κ2) is 5.97. The molecule has 98 valence electrons. The Morgan fingerprint density at radius 1 is 1.61 bits per heavy atom. The lowest BCUT2D eigenvalue weighted by Gasteiger charge is -2.15. The zero-order valence-electron chi connectivity index (χ0n) is 10.0. The van der Waals surface area contributed by atoms with Gasteiger partial charge < -0.3 is 15.2 Å². The molecule has 0 heterocycles. The highest BCUT2D eigenvalue weighted by molar-refractivity contribution is 5.79. The first-order valence-electron chi connectivity index (χ1n) is 5.20. The summed E-state index contributed by atoms with van der Waals surface area (Å²) < 4.78 is 4.50. The van der Waals surface area contributed by atoms with E-state index in [1.54, 1.807) is 6.92 Å². The van der Waals surface area contributed by atoms with Crippen LogP contribution in [0.2, 0.25) is 0 Å². The Hall–Kier alpha value is -2.15. The molecule has 7 heteroatoms. The Morgan fingerprint density at radius 3 is 2.72 bits per heavy atom. The van der Waals surface area contributed by atoms with Crippen molar-refractivity contribution < 1.29 is 19.6 Å². The largest absolute Gasteiger partial charge is 0.467 e. The fraction of sp³-hybridized carbons (Fsp3) is 0.364. The third-order valence-corrected chi connectivity index (χ3v) is 2.40. The van der Waals surface area contributed by atoms with Crippen molar-refractivity contribution in [1.82, 2.24) is 0 Å². The van der Waals surface area contributed by atoms with E-state index < -0.39 is 23.5 Å². The number of aliphatic hydroxyl groups excluding tert-OH is 1. The number of ether oxygens (including phenoxy) is 1. The molecule has 0 aliphatic heterocycles. The zero-order valence-corrected chi connectivity index (χ0v) is 10.0. The molecule has 0 bridgehead atoms. The molecule has 18 heavy (non-hydrogen) atoms. The maximum Gasteiger partial charge on any atom is 0.330 e. The van der Waals surface area contributed by atoms with Crippen molar-refractivity contribution in [2.75, 3.05) is 19.0 Å². The summed E-state index contributed by atoms with van der Waals surface area (Å²) in [4.78, 5) is 21.4. The molecular formula is C11H14N2O5. The summed E-state index contributed by atoms with van der Waals surface area (Å²) >= 11 is 0. The molecule has 1 atom stereocenters. The van der Waals surface area contributed by atoms with Crippen molar-refractivity contribution in [2.24, 2.45) is 0 Å². The van der Waals surface area contributed by atoms with Crippen LogP contribution in [0, 0.1) is 17.0 Å². The molecule has 0 fully saturated rings. The van der Waals surface area contributed by atoms with E-state index in [1.807, 2.05) is 0 Å². The van der Waals surface area contributed by atoms with Crippen LogP contribution in [0.4, 0.5) is 11.4 Å². The third kappa shape index (κ3) is 3.17. The summed E-state index contributed by atoms with van der Waals surface area (Å²) in [5.74, 6) is -0.603. The van der Waals surface area contributed by atoms with Crippen LogP contribution in [0.5, 0.6) is 0 Å². The first-order valence-corrected chi connectivity index (χ1v) is 5.20. The summed E-state index contributed by atoms with van der Waals surface area (Å²) in [6.07, 6.45) is 0. The minimum atomic E-state index is -0.893. The zero-order chi connectivity index (χ0) is 13.7. The van der Waals surface area contributed by atoms with Gasteiger partial charge in [0.15, 0.2) is 0 Å². The number of rotatable bonds is 5. The summed E-state index contributed by atoms with van der Waals surface area (Å²) in [6.45, 7) is 1.16. The van der Waals surface area contributed by atoms with E-state index in [0.717, 1.165) is 0 Å². The van der Waals surface area contributed by atoms with Gasteiger partial charge in [-0.3, -0.25) is 10.1 Å². The van der Waals surface area contributed by atoms with Gasteiger partial charge in [-0.15, -0.1) is 0 Å². The summed E-state index contributed by atoms with van der Waals surface area (Å²) in [7, 11) is 1.22. The van der Waals surface area contributed by atoms with Gasteiger partial charge in [0.1, 0.15) is 6.04 Å². The molecule has 7 nitrogen and oxygen atoms in total. The lowest BCUT2D eigenvalue weighted by atomic mass is 10.1. The minimum absolute atomic E-state index is 0.000772. The lowest BCUT2D eigenvalue weighted by molar-refractivity contribution is -0.385. The van der Waals surface area contributed by atoms with Gasteiger partial charge in [0.25, 0.3) is 5.69 Å². The second-order valence-corrected chi connectivity index (χ2v) is 3.66. The van der Waals surface area contributed by atoms with Gasteiger partial charge in [-0.05, 0) is 19.1 Å². The number of nitro benzene ring substituents is 1. The van der Waals surface area contributed by atoms with Crippen molar-refractivity contribution in [1.29, 1.82) is 0 Å². The Balaban J connectivity index is 2.88. The van der Waals surface area contributed by atoms with Gasteiger partial charge >= 0.3 is 5.97 Å². The summed E-state index contributed by atoms with van der Waals surface area (Å²) in [5, 5.41) is 22.4. The highest BCUT2D eigenvalue weighted by atomic mass is 16.6. The van der Waals surface area contributed by atoms with Crippen LogP contribution >= 0.6 is 0 Å². The highest BCUT2D eigenvalue weighted by Crippen LogP contribution is 2.22. The van der Waals surface area contributed by atoms with Gasteiger partial charge in [-0.2, -0.15) is 0 Å². The number of carbonyl (C=O) groups excluding carboxylic acids is 1. The normalized spacial score (nSPS) is 11.7. The smallest absolute Gasteiger partial charge is 0.330 e. The van der Waals surface area contributed by atoms with Crippen molar-refractivity contribution in [3.8, 4) is 0 Å².